The third-order valence-electron chi connectivity index (χ3n) is 5.69. The number of ether oxygens (including phenoxy) is 2. The lowest BCUT2D eigenvalue weighted by molar-refractivity contribution is -0.115. The van der Waals surface area contributed by atoms with Gasteiger partial charge in [-0.2, -0.15) is 0 Å². The number of morpholine rings is 1. The van der Waals surface area contributed by atoms with Crippen molar-refractivity contribution >= 4 is 57.1 Å². The number of anilines is 2. The maximum Gasteiger partial charge on any atom is 0.271 e. The normalized spacial score (nSPS) is 21.5. The van der Waals surface area contributed by atoms with Crippen LogP contribution in [0.4, 0.5) is 11.4 Å². The average Bonchev–Trinajstić information content (AvgIpc) is 3.26. The molecule has 0 unspecified atom stereocenters. The minimum absolute atomic E-state index is 0.182. The molecule has 2 saturated heterocycles. The van der Waals surface area contributed by atoms with Crippen LogP contribution >= 0.6 is 24.0 Å². The van der Waals surface area contributed by atoms with Gasteiger partial charge in [0.05, 0.1) is 48.8 Å². The molecule has 0 aromatic heterocycles. The van der Waals surface area contributed by atoms with Gasteiger partial charge in [0, 0.05) is 18.7 Å². The summed E-state index contributed by atoms with van der Waals surface area (Å²) in [6, 6.07) is 14.8. The molecular formula is C23H21N3O4S2. The number of hydrogen-bond donors (Lipinski definition) is 0. The van der Waals surface area contributed by atoms with E-state index >= 15 is 0 Å². The van der Waals surface area contributed by atoms with Crippen LogP contribution in [0, 0.1) is 0 Å². The van der Waals surface area contributed by atoms with E-state index in [1.807, 2.05) is 36.4 Å². The van der Waals surface area contributed by atoms with Crippen LogP contribution in [0.5, 0.6) is 5.75 Å². The summed E-state index contributed by atoms with van der Waals surface area (Å²) in [7, 11) is 1.55. The Morgan fingerprint density at radius 2 is 1.69 bits per heavy atom. The smallest absolute Gasteiger partial charge is 0.271 e. The van der Waals surface area contributed by atoms with Gasteiger partial charge in [-0.05, 0) is 18.2 Å². The molecule has 9 heteroatoms. The molecule has 2 fully saturated rings. The van der Waals surface area contributed by atoms with Crippen LogP contribution in [0.2, 0.25) is 0 Å². The molecule has 32 heavy (non-hydrogen) atoms. The topological polar surface area (TPSA) is 62.3 Å². The summed E-state index contributed by atoms with van der Waals surface area (Å²) in [6.07, 6.45) is 0. The molecule has 0 aliphatic carbocycles. The Morgan fingerprint density at radius 3 is 2.44 bits per heavy atom. The summed E-state index contributed by atoms with van der Waals surface area (Å²) in [5.74, 6) is 0.0521. The number of amides is 2. The maximum atomic E-state index is 13.6. The molecule has 164 valence electrons. The number of carbonyl (C=O) groups is 2. The molecule has 3 aliphatic rings. The van der Waals surface area contributed by atoms with E-state index < -0.39 is 0 Å². The van der Waals surface area contributed by atoms with Crippen LogP contribution in [0.3, 0.4) is 0 Å². The second-order valence-electron chi connectivity index (χ2n) is 7.51. The fourth-order valence-corrected chi connectivity index (χ4v) is 5.48. The van der Waals surface area contributed by atoms with E-state index in [9.17, 15) is 9.59 Å². The van der Waals surface area contributed by atoms with Gasteiger partial charge in [-0.15, -0.1) is 0 Å². The Labute approximate surface area is 195 Å². The molecule has 3 aliphatic heterocycles. The highest BCUT2D eigenvalue weighted by atomic mass is 32.2. The van der Waals surface area contributed by atoms with Crippen LogP contribution in [-0.4, -0.2) is 61.1 Å². The molecule has 5 rings (SSSR count). The maximum absolute atomic E-state index is 13.6. The van der Waals surface area contributed by atoms with Crippen molar-refractivity contribution in [2.24, 2.45) is 0 Å². The molecule has 0 radical (unpaired) electrons. The quantitative estimate of drug-likeness (QED) is 0.506. The zero-order chi connectivity index (χ0) is 22.2. The van der Waals surface area contributed by atoms with E-state index in [1.54, 1.807) is 24.1 Å². The Hall–Kier alpha value is -2.72. The summed E-state index contributed by atoms with van der Waals surface area (Å²) in [5.41, 5.74) is 2.54. The lowest BCUT2D eigenvalue weighted by Crippen LogP contribution is -2.45. The predicted octanol–water partition coefficient (Wildman–Crippen LogP) is 3.11. The lowest BCUT2D eigenvalue weighted by atomic mass is 10.1. The number of methoxy groups -OCH3 is 1. The molecular weight excluding hydrogens is 446 g/mol. The highest BCUT2D eigenvalue weighted by molar-refractivity contribution is 8.27. The highest BCUT2D eigenvalue weighted by Crippen LogP contribution is 2.46. The van der Waals surface area contributed by atoms with E-state index in [0.717, 1.165) is 36.1 Å². The summed E-state index contributed by atoms with van der Waals surface area (Å²) < 4.78 is 11.2. The first-order chi connectivity index (χ1) is 15.6. The number of nitrogens with zero attached hydrogens (tertiary/aromatic N) is 3. The van der Waals surface area contributed by atoms with Crippen molar-refractivity contribution < 1.29 is 19.1 Å². The molecule has 0 saturated carbocycles. The number of rotatable bonds is 4. The molecule has 2 aromatic carbocycles. The number of fused-ring (bicyclic) bond motifs is 1. The number of hydrogen-bond acceptors (Lipinski definition) is 7. The van der Waals surface area contributed by atoms with Crippen molar-refractivity contribution in [3.63, 3.8) is 0 Å². The summed E-state index contributed by atoms with van der Waals surface area (Å²) in [5, 5.41) is 0. The third-order valence-corrected chi connectivity index (χ3v) is 7.06. The van der Waals surface area contributed by atoms with Crippen molar-refractivity contribution in [2.45, 2.75) is 0 Å². The molecule has 2 aromatic rings. The fraction of sp³-hybridized carbons (Fsp3) is 0.261. The minimum Gasteiger partial charge on any atom is -0.495 e. The second-order valence-corrected chi connectivity index (χ2v) is 9.15. The van der Waals surface area contributed by atoms with Gasteiger partial charge in [-0.3, -0.25) is 24.3 Å². The Bertz CT molecular complexity index is 1140. The molecule has 0 bridgehead atoms. The molecule has 0 N–H and O–H groups in total. The van der Waals surface area contributed by atoms with Crippen molar-refractivity contribution in [2.75, 3.05) is 49.9 Å². The predicted molar refractivity (Wildman–Crippen MR) is 129 cm³/mol. The fourth-order valence-electron chi connectivity index (χ4n) is 4.12. The zero-order valence-corrected chi connectivity index (χ0v) is 19.1. The van der Waals surface area contributed by atoms with Gasteiger partial charge < -0.3 is 9.47 Å². The number of benzene rings is 2. The number of carbonyl (C=O) groups excluding carboxylic acids is 2. The Kier molecular flexibility index (Phi) is 5.73. The third kappa shape index (κ3) is 3.51. The van der Waals surface area contributed by atoms with Crippen LogP contribution in [0.1, 0.15) is 5.56 Å². The van der Waals surface area contributed by atoms with E-state index in [-0.39, 0.29) is 11.8 Å². The van der Waals surface area contributed by atoms with Gasteiger partial charge in [-0.25, -0.2) is 0 Å². The van der Waals surface area contributed by atoms with Crippen LogP contribution in [0.25, 0.3) is 5.57 Å². The van der Waals surface area contributed by atoms with Gasteiger partial charge in [0.1, 0.15) is 5.75 Å². The van der Waals surface area contributed by atoms with E-state index in [4.69, 9.17) is 21.7 Å². The molecule has 0 atom stereocenters. The molecule has 0 spiro atoms. The average molecular weight is 468 g/mol. The van der Waals surface area contributed by atoms with E-state index in [1.165, 1.54) is 4.90 Å². The van der Waals surface area contributed by atoms with Crippen molar-refractivity contribution in [3.8, 4) is 5.75 Å². The first kappa shape index (κ1) is 21.1. The van der Waals surface area contributed by atoms with Crippen molar-refractivity contribution in [1.82, 2.24) is 4.90 Å². The van der Waals surface area contributed by atoms with Gasteiger partial charge >= 0.3 is 0 Å². The second kappa shape index (κ2) is 8.67. The Morgan fingerprint density at radius 1 is 1.00 bits per heavy atom. The van der Waals surface area contributed by atoms with Gasteiger partial charge in [-0.1, -0.05) is 54.3 Å². The van der Waals surface area contributed by atoms with Crippen molar-refractivity contribution in [1.29, 1.82) is 0 Å². The molecule has 7 nitrogen and oxygen atoms in total. The highest BCUT2D eigenvalue weighted by Gasteiger charge is 2.43. The van der Waals surface area contributed by atoms with E-state index in [0.29, 0.717) is 46.1 Å². The number of thiocarbonyl (C=S) groups is 1. The molecule has 3 heterocycles. The summed E-state index contributed by atoms with van der Waals surface area (Å²) >= 11 is 6.71. The monoisotopic (exact) mass is 467 g/mol. The standard InChI is InChI=1S/C23H21N3O4S2/c1-29-18-9-5-4-8-17(18)26-22(28)20(32-23(26)31)19-15-6-2-3-7-16(15)25(21(19)27)14-24-10-12-30-13-11-24/h2-9H,10-14H2,1H3. The van der Waals surface area contributed by atoms with Gasteiger partial charge in [0.25, 0.3) is 11.8 Å². The number of para-hydroxylation sites is 3. The van der Waals surface area contributed by atoms with Crippen LogP contribution in [0.15, 0.2) is 53.4 Å². The largest absolute Gasteiger partial charge is 0.495 e. The molecule has 2 amide bonds. The van der Waals surface area contributed by atoms with Gasteiger partial charge in [0.15, 0.2) is 4.32 Å². The van der Waals surface area contributed by atoms with Crippen LogP contribution in [-0.2, 0) is 14.3 Å². The van der Waals surface area contributed by atoms with Gasteiger partial charge in [0.2, 0.25) is 0 Å². The lowest BCUT2D eigenvalue weighted by Gasteiger charge is -2.30. The summed E-state index contributed by atoms with van der Waals surface area (Å²) in [6.45, 7) is 3.27. The Balaban J connectivity index is 1.54. The first-order valence-corrected chi connectivity index (χ1v) is 11.5. The van der Waals surface area contributed by atoms with E-state index in [2.05, 4.69) is 4.90 Å². The SMILES string of the molecule is COc1ccccc1N1C(=O)C(=C2C(=O)N(CN3CCOCC3)c3ccccc32)SC1=S. The van der Waals surface area contributed by atoms with Crippen LogP contribution < -0.4 is 14.5 Å². The van der Waals surface area contributed by atoms with Crippen molar-refractivity contribution in [3.05, 3.63) is 59.0 Å². The zero-order valence-electron chi connectivity index (χ0n) is 17.4. The first-order valence-electron chi connectivity index (χ1n) is 10.2. The summed E-state index contributed by atoms with van der Waals surface area (Å²) in [4.78, 5) is 32.8. The minimum atomic E-state index is -0.309. The number of thioether (sulfide) groups is 1.